The molecule has 1 aromatic rings. The van der Waals surface area contributed by atoms with E-state index in [1.165, 1.54) is 0 Å². The number of amides is 2. The number of carbonyl (C=O) groups is 3. The van der Waals surface area contributed by atoms with Gasteiger partial charge in [0.15, 0.2) is 0 Å². The van der Waals surface area contributed by atoms with Crippen LogP contribution in [0.3, 0.4) is 0 Å². The van der Waals surface area contributed by atoms with E-state index in [1.807, 2.05) is 0 Å². The highest BCUT2D eigenvalue weighted by atomic mass is 32.1. The molecule has 11 nitrogen and oxygen atoms in total. The Hall–Kier alpha value is -2.73. The average Bonchev–Trinajstić information content (AvgIpc) is 3.00. The van der Waals surface area contributed by atoms with E-state index in [9.17, 15) is 4.79 Å². The van der Waals surface area contributed by atoms with E-state index < -0.39 is 18.0 Å². The highest BCUT2D eigenvalue weighted by Gasteiger charge is 2.18. The van der Waals surface area contributed by atoms with Crippen molar-refractivity contribution in [3.05, 3.63) is 11.8 Å². The summed E-state index contributed by atoms with van der Waals surface area (Å²) in [6.45, 7) is 2.58. The van der Waals surface area contributed by atoms with E-state index in [2.05, 4.69) is 32.1 Å². The first-order valence-corrected chi connectivity index (χ1v) is 7.87. The van der Waals surface area contributed by atoms with E-state index in [-0.39, 0.29) is 0 Å². The fraction of sp³-hybridized carbons (Fsp3) is 0.462. The molecule has 0 bridgehead atoms. The Morgan fingerprint density at radius 2 is 2.04 bits per heavy atom. The van der Waals surface area contributed by atoms with Gasteiger partial charge in [0.05, 0.1) is 18.3 Å². The number of nitrogens with two attached hydrogens (primary N) is 1. The molecule has 0 atom stereocenters. The second-order valence-electron chi connectivity index (χ2n) is 4.92. The Bertz CT molecular complexity index is 635. The Morgan fingerprint density at radius 1 is 1.36 bits per heavy atom. The van der Waals surface area contributed by atoms with Crippen LogP contribution < -0.4 is 15.8 Å². The van der Waals surface area contributed by atoms with Crippen LogP contribution in [0.5, 0.6) is 5.88 Å². The van der Waals surface area contributed by atoms with Gasteiger partial charge in [-0.1, -0.05) is 6.08 Å². The van der Waals surface area contributed by atoms with Crippen LogP contribution >= 0.6 is 11.7 Å². The summed E-state index contributed by atoms with van der Waals surface area (Å²) in [5.41, 5.74) is 6.91. The molecule has 0 unspecified atom stereocenters. The summed E-state index contributed by atoms with van der Waals surface area (Å²) in [7, 11) is 2.07. The molecule has 2 heterocycles. The first-order valence-electron chi connectivity index (χ1n) is 7.14. The Balaban J connectivity index is 0.000000450. The minimum atomic E-state index is -1.82. The lowest BCUT2D eigenvalue weighted by atomic mass is 10.1. The van der Waals surface area contributed by atoms with E-state index in [1.54, 1.807) is 0 Å². The van der Waals surface area contributed by atoms with Gasteiger partial charge in [-0.15, -0.1) is 4.37 Å². The van der Waals surface area contributed by atoms with Crippen LogP contribution in [0.1, 0.15) is 12.1 Å². The predicted octanol–water partition coefficient (Wildman–Crippen LogP) is -0.540. The quantitative estimate of drug-likeness (QED) is 0.391. The summed E-state index contributed by atoms with van der Waals surface area (Å²) in [6, 6.07) is -0.558. The summed E-state index contributed by atoms with van der Waals surface area (Å²) in [5.74, 6) is -3.12. The highest BCUT2D eigenvalue weighted by Crippen LogP contribution is 2.26. The van der Waals surface area contributed by atoms with Crippen LogP contribution in [0.4, 0.5) is 4.79 Å². The van der Waals surface area contributed by atoms with Crippen LogP contribution in [0.15, 0.2) is 6.08 Å². The zero-order valence-corrected chi connectivity index (χ0v) is 14.3. The van der Waals surface area contributed by atoms with Crippen molar-refractivity contribution in [2.24, 2.45) is 5.73 Å². The third-order valence-electron chi connectivity index (χ3n) is 2.93. The van der Waals surface area contributed by atoms with E-state index in [0.717, 1.165) is 42.5 Å². The van der Waals surface area contributed by atoms with Gasteiger partial charge >= 0.3 is 18.0 Å². The molecule has 1 aliphatic heterocycles. The third kappa shape index (κ3) is 7.58. The maximum absolute atomic E-state index is 10.5. The molecule has 0 spiro atoms. The molecule has 25 heavy (non-hydrogen) atoms. The molecule has 5 N–H and O–H groups in total. The van der Waals surface area contributed by atoms with Crippen molar-refractivity contribution in [3.8, 4) is 5.88 Å². The Labute approximate surface area is 147 Å². The van der Waals surface area contributed by atoms with Crippen LogP contribution in [-0.2, 0) is 9.59 Å². The number of rotatable bonds is 5. The minimum absolute atomic E-state index is 0.324. The zero-order chi connectivity index (χ0) is 18.8. The number of carboxylic acids is 2. The first-order chi connectivity index (χ1) is 11.8. The molecular formula is C13H19N5O6S. The van der Waals surface area contributed by atoms with Crippen molar-refractivity contribution >= 4 is 35.3 Å². The highest BCUT2D eigenvalue weighted by molar-refractivity contribution is 6.99. The SMILES string of the molecule is CN1CCC=C(c2nsnc2OCCNC(N)=O)C1.O=C(O)C(=O)O. The van der Waals surface area contributed by atoms with Crippen LogP contribution in [0.25, 0.3) is 5.57 Å². The van der Waals surface area contributed by atoms with Crippen LogP contribution in [0, 0.1) is 0 Å². The summed E-state index contributed by atoms with van der Waals surface area (Å²) in [5, 5.41) is 17.2. The van der Waals surface area contributed by atoms with Crippen molar-refractivity contribution in [2.75, 3.05) is 33.3 Å². The Kier molecular flexibility index (Phi) is 8.29. The molecular weight excluding hydrogens is 354 g/mol. The standard InChI is InChI=1S/C11H17N5O2S.C2H2O4/c1-16-5-2-3-8(7-16)9-10(15-19-14-9)18-6-4-13-11(12)17;3-1(4)2(5)6/h3H,2,4-7H2,1H3,(H3,12,13,17);(H,3,4)(H,5,6). The number of ether oxygens (including phenoxy) is 1. The van der Waals surface area contributed by atoms with Crippen molar-refractivity contribution in [1.82, 2.24) is 19.0 Å². The van der Waals surface area contributed by atoms with Gasteiger partial charge in [-0.25, -0.2) is 14.4 Å². The van der Waals surface area contributed by atoms with Crippen molar-refractivity contribution in [1.29, 1.82) is 0 Å². The number of nitrogens with one attached hydrogen (secondary N) is 1. The second-order valence-corrected chi connectivity index (χ2v) is 5.45. The third-order valence-corrected chi connectivity index (χ3v) is 3.44. The number of aliphatic carboxylic acids is 2. The smallest absolute Gasteiger partial charge is 0.414 e. The van der Waals surface area contributed by atoms with Gasteiger partial charge in [0.2, 0.25) is 0 Å². The number of primary amides is 1. The molecule has 0 saturated carbocycles. The van der Waals surface area contributed by atoms with Crippen LogP contribution in [-0.4, -0.2) is 75.1 Å². The number of hydrogen-bond acceptors (Lipinski definition) is 8. The number of hydrogen-bond donors (Lipinski definition) is 4. The normalized spacial score (nSPS) is 13.9. The number of urea groups is 1. The second kappa shape index (κ2) is 10.2. The number of carboxylic acid groups (broad SMARTS) is 2. The molecule has 1 aromatic heterocycles. The molecule has 138 valence electrons. The molecule has 0 saturated heterocycles. The fourth-order valence-corrected chi connectivity index (χ4v) is 2.39. The van der Waals surface area contributed by atoms with Gasteiger partial charge in [0, 0.05) is 13.1 Å². The fourth-order valence-electron chi connectivity index (χ4n) is 1.86. The minimum Gasteiger partial charge on any atom is -0.474 e. The van der Waals surface area contributed by atoms with E-state index in [0.29, 0.717) is 19.0 Å². The monoisotopic (exact) mass is 373 g/mol. The lowest BCUT2D eigenvalue weighted by Crippen LogP contribution is -2.32. The largest absolute Gasteiger partial charge is 0.474 e. The molecule has 0 aromatic carbocycles. The molecule has 2 rings (SSSR count). The molecule has 0 fully saturated rings. The average molecular weight is 373 g/mol. The number of nitrogens with zero attached hydrogens (tertiary/aromatic N) is 3. The number of aromatic nitrogens is 2. The molecule has 12 heteroatoms. The van der Waals surface area contributed by atoms with Gasteiger partial charge in [0.1, 0.15) is 12.3 Å². The molecule has 2 amide bonds. The molecule has 1 aliphatic rings. The van der Waals surface area contributed by atoms with Gasteiger partial charge in [0.25, 0.3) is 5.88 Å². The molecule has 0 aliphatic carbocycles. The van der Waals surface area contributed by atoms with Gasteiger partial charge in [-0.3, -0.25) is 0 Å². The zero-order valence-electron chi connectivity index (χ0n) is 13.5. The van der Waals surface area contributed by atoms with E-state index >= 15 is 0 Å². The number of carbonyl (C=O) groups excluding carboxylic acids is 1. The summed E-state index contributed by atoms with van der Waals surface area (Å²) in [6.07, 6.45) is 3.18. The van der Waals surface area contributed by atoms with Gasteiger partial charge in [-0.2, -0.15) is 4.37 Å². The van der Waals surface area contributed by atoms with E-state index in [4.69, 9.17) is 30.3 Å². The lowest BCUT2D eigenvalue weighted by molar-refractivity contribution is -0.159. The molecule has 0 radical (unpaired) electrons. The topological polar surface area (TPSA) is 168 Å². The van der Waals surface area contributed by atoms with Crippen molar-refractivity contribution < 1.29 is 29.3 Å². The summed E-state index contributed by atoms with van der Waals surface area (Å²) < 4.78 is 13.9. The summed E-state index contributed by atoms with van der Waals surface area (Å²) in [4.78, 5) is 31.0. The maximum Gasteiger partial charge on any atom is 0.414 e. The van der Waals surface area contributed by atoms with Gasteiger partial charge < -0.3 is 30.9 Å². The van der Waals surface area contributed by atoms with Gasteiger partial charge in [-0.05, 0) is 19.0 Å². The maximum atomic E-state index is 10.5. The lowest BCUT2D eigenvalue weighted by Gasteiger charge is -2.22. The van der Waals surface area contributed by atoms with Crippen LogP contribution in [0.2, 0.25) is 0 Å². The van der Waals surface area contributed by atoms with Crippen molar-refractivity contribution in [3.63, 3.8) is 0 Å². The van der Waals surface area contributed by atoms with Crippen molar-refractivity contribution in [2.45, 2.75) is 6.42 Å². The summed E-state index contributed by atoms with van der Waals surface area (Å²) >= 11 is 1.13. The predicted molar refractivity (Wildman–Crippen MR) is 88.4 cm³/mol. The first kappa shape index (κ1) is 20.3. The number of likely N-dealkylation sites (N-methyl/N-ethyl adjacent to an activating group) is 1. The Morgan fingerprint density at radius 3 is 2.60 bits per heavy atom.